The average molecular weight is 380 g/mol. The molecule has 0 saturated carbocycles. The van der Waals surface area contributed by atoms with Gasteiger partial charge in [-0.15, -0.1) is 5.10 Å². The Labute approximate surface area is 152 Å². The Morgan fingerprint density at radius 3 is 2.46 bits per heavy atom. The van der Waals surface area contributed by atoms with Crippen LogP contribution >= 0.6 is 11.6 Å². The van der Waals surface area contributed by atoms with E-state index in [1.54, 1.807) is 41.9 Å². The number of carbonyl (C=O) groups is 1. The smallest absolute Gasteiger partial charge is 0.305 e. The fraction of sp³-hybridized carbons (Fsp3) is 0.111. The van der Waals surface area contributed by atoms with Gasteiger partial charge >= 0.3 is 6.18 Å². The number of nitrogens with zero attached hydrogens (tertiary/aromatic N) is 2. The van der Waals surface area contributed by atoms with E-state index < -0.39 is 17.6 Å². The average Bonchev–Trinajstić information content (AvgIpc) is 2.95. The molecule has 26 heavy (non-hydrogen) atoms. The summed E-state index contributed by atoms with van der Waals surface area (Å²) in [4.78, 5) is 12.2. The second-order valence-electron chi connectivity index (χ2n) is 5.59. The van der Waals surface area contributed by atoms with E-state index in [2.05, 4.69) is 10.4 Å². The Hall–Kier alpha value is -2.80. The molecule has 134 valence electrons. The van der Waals surface area contributed by atoms with Crippen molar-refractivity contribution in [2.24, 2.45) is 0 Å². The first-order chi connectivity index (χ1) is 12.2. The molecule has 0 aliphatic heterocycles. The monoisotopic (exact) mass is 379 g/mol. The SMILES string of the molecule is Cc1cc(NC(=O)c2cccc(C(F)(F)F)c2)nn1-c1ccc(Cl)cc1. The van der Waals surface area contributed by atoms with Crippen LogP contribution in [0.3, 0.4) is 0 Å². The molecule has 3 aromatic rings. The lowest BCUT2D eigenvalue weighted by Gasteiger charge is -2.08. The summed E-state index contributed by atoms with van der Waals surface area (Å²) in [6, 6.07) is 12.8. The number of rotatable bonds is 3. The van der Waals surface area contributed by atoms with Gasteiger partial charge in [0, 0.05) is 22.3 Å². The summed E-state index contributed by atoms with van der Waals surface area (Å²) in [5.74, 6) is -0.434. The fourth-order valence-corrected chi connectivity index (χ4v) is 2.53. The number of halogens is 4. The number of nitrogens with one attached hydrogen (secondary N) is 1. The summed E-state index contributed by atoms with van der Waals surface area (Å²) >= 11 is 5.86. The lowest BCUT2D eigenvalue weighted by Crippen LogP contribution is -2.14. The maximum absolute atomic E-state index is 12.8. The highest BCUT2D eigenvalue weighted by atomic mass is 35.5. The number of benzene rings is 2. The van der Waals surface area contributed by atoms with Crippen molar-refractivity contribution in [3.63, 3.8) is 0 Å². The maximum Gasteiger partial charge on any atom is 0.416 e. The Balaban J connectivity index is 1.83. The Morgan fingerprint density at radius 2 is 1.81 bits per heavy atom. The van der Waals surface area contributed by atoms with Crippen LogP contribution in [0.25, 0.3) is 5.69 Å². The summed E-state index contributed by atoms with van der Waals surface area (Å²) in [6.07, 6.45) is -4.51. The second kappa shape index (κ2) is 6.84. The standard InChI is InChI=1S/C18H13ClF3N3O/c1-11-9-16(24-25(11)15-7-5-14(19)6-8-15)23-17(26)12-3-2-4-13(10-12)18(20,21)22/h2-10H,1H3,(H,23,24,26). The largest absolute Gasteiger partial charge is 0.416 e. The number of hydrogen-bond acceptors (Lipinski definition) is 2. The minimum atomic E-state index is -4.51. The summed E-state index contributed by atoms with van der Waals surface area (Å²) in [7, 11) is 0. The maximum atomic E-state index is 12.8. The van der Waals surface area contributed by atoms with Gasteiger partial charge in [0.15, 0.2) is 5.82 Å². The molecule has 0 unspecified atom stereocenters. The van der Waals surface area contributed by atoms with Crippen LogP contribution in [-0.4, -0.2) is 15.7 Å². The fourth-order valence-electron chi connectivity index (χ4n) is 2.40. The number of anilines is 1. The molecular weight excluding hydrogens is 367 g/mol. The van der Waals surface area contributed by atoms with Gasteiger partial charge in [0.25, 0.3) is 5.91 Å². The molecule has 0 aliphatic carbocycles. The highest BCUT2D eigenvalue weighted by Crippen LogP contribution is 2.29. The number of amides is 1. The normalized spacial score (nSPS) is 11.4. The molecule has 1 amide bonds. The Kier molecular flexibility index (Phi) is 4.73. The molecule has 0 bridgehead atoms. The van der Waals surface area contributed by atoms with Crippen LogP contribution in [0.2, 0.25) is 5.02 Å². The highest BCUT2D eigenvalue weighted by molar-refractivity contribution is 6.30. The van der Waals surface area contributed by atoms with Crippen LogP contribution in [-0.2, 0) is 6.18 Å². The molecular formula is C18H13ClF3N3O. The van der Waals surface area contributed by atoms with Crippen LogP contribution in [0.1, 0.15) is 21.6 Å². The molecule has 3 rings (SSSR count). The van der Waals surface area contributed by atoms with Crippen LogP contribution in [0, 0.1) is 6.92 Å². The van der Waals surface area contributed by atoms with Crippen molar-refractivity contribution in [2.75, 3.05) is 5.32 Å². The van der Waals surface area contributed by atoms with Crippen LogP contribution in [0.5, 0.6) is 0 Å². The van der Waals surface area contributed by atoms with Crippen molar-refractivity contribution >= 4 is 23.3 Å². The van der Waals surface area contributed by atoms with Crippen LogP contribution in [0.15, 0.2) is 54.6 Å². The third-order valence-corrected chi connectivity index (χ3v) is 3.90. The molecule has 1 N–H and O–H groups in total. The molecule has 0 radical (unpaired) electrons. The third-order valence-electron chi connectivity index (χ3n) is 3.65. The molecule has 0 aliphatic rings. The van der Waals surface area contributed by atoms with Crippen molar-refractivity contribution in [2.45, 2.75) is 13.1 Å². The highest BCUT2D eigenvalue weighted by Gasteiger charge is 2.30. The molecule has 0 spiro atoms. The van der Waals surface area contributed by atoms with E-state index >= 15 is 0 Å². The number of carbonyl (C=O) groups excluding carboxylic acids is 1. The number of aryl methyl sites for hydroxylation is 1. The summed E-state index contributed by atoms with van der Waals surface area (Å²) in [5, 5.41) is 7.36. The van der Waals surface area contributed by atoms with E-state index in [1.807, 2.05) is 0 Å². The lowest BCUT2D eigenvalue weighted by atomic mass is 10.1. The molecule has 0 atom stereocenters. The van der Waals surface area contributed by atoms with E-state index in [-0.39, 0.29) is 11.4 Å². The number of hydrogen-bond donors (Lipinski definition) is 1. The van der Waals surface area contributed by atoms with Gasteiger partial charge < -0.3 is 5.32 Å². The summed E-state index contributed by atoms with van der Waals surface area (Å²) in [6.45, 7) is 1.79. The van der Waals surface area contributed by atoms with Crippen molar-refractivity contribution < 1.29 is 18.0 Å². The van der Waals surface area contributed by atoms with Gasteiger partial charge in [-0.05, 0) is 49.4 Å². The minimum absolute atomic E-state index is 0.0986. The second-order valence-corrected chi connectivity index (χ2v) is 6.03. The molecule has 8 heteroatoms. The van der Waals surface area contributed by atoms with Crippen molar-refractivity contribution in [1.29, 1.82) is 0 Å². The molecule has 0 fully saturated rings. The third kappa shape index (κ3) is 3.88. The molecule has 1 heterocycles. The van der Waals surface area contributed by atoms with E-state index in [4.69, 9.17) is 11.6 Å². The predicted molar refractivity (Wildman–Crippen MR) is 92.7 cm³/mol. The number of alkyl halides is 3. The van der Waals surface area contributed by atoms with Gasteiger partial charge in [-0.25, -0.2) is 4.68 Å². The lowest BCUT2D eigenvalue weighted by molar-refractivity contribution is -0.137. The van der Waals surface area contributed by atoms with E-state index in [0.29, 0.717) is 5.02 Å². The van der Waals surface area contributed by atoms with E-state index in [1.165, 1.54) is 12.1 Å². The van der Waals surface area contributed by atoms with Crippen LogP contribution in [0.4, 0.5) is 19.0 Å². The van der Waals surface area contributed by atoms with Crippen molar-refractivity contribution in [3.05, 3.63) is 76.4 Å². The first-order valence-corrected chi connectivity index (χ1v) is 7.93. The van der Waals surface area contributed by atoms with Gasteiger partial charge in [0.05, 0.1) is 11.3 Å². The number of aromatic nitrogens is 2. The Bertz CT molecular complexity index is 949. The molecule has 1 aromatic heterocycles. The zero-order valence-electron chi connectivity index (χ0n) is 13.5. The first kappa shape index (κ1) is 18.0. The van der Waals surface area contributed by atoms with Crippen molar-refractivity contribution in [3.8, 4) is 5.69 Å². The quantitative estimate of drug-likeness (QED) is 0.687. The van der Waals surface area contributed by atoms with Gasteiger partial charge in [-0.2, -0.15) is 13.2 Å². The van der Waals surface area contributed by atoms with Crippen LogP contribution < -0.4 is 5.32 Å². The van der Waals surface area contributed by atoms with Gasteiger partial charge in [-0.3, -0.25) is 4.79 Å². The minimum Gasteiger partial charge on any atom is -0.305 e. The van der Waals surface area contributed by atoms with Crippen molar-refractivity contribution in [1.82, 2.24) is 9.78 Å². The topological polar surface area (TPSA) is 46.9 Å². The molecule has 0 saturated heterocycles. The molecule has 4 nitrogen and oxygen atoms in total. The summed E-state index contributed by atoms with van der Waals surface area (Å²) < 4.78 is 39.9. The zero-order chi connectivity index (χ0) is 18.9. The molecule has 2 aromatic carbocycles. The van der Waals surface area contributed by atoms with E-state index in [9.17, 15) is 18.0 Å². The Morgan fingerprint density at radius 1 is 1.12 bits per heavy atom. The van der Waals surface area contributed by atoms with E-state index in [0.717, 1.165) is 23.5 Å². The van der Waals surface area contributed by atoms with Gasteiger partial charge in [0.1, 0.15) is 0 Å². The van der Waals surface area contributed by atoms with Gasteiger partial charge in [-0.1, -0.05) is 17.7 Å². The summed E-state index contributed by atoms with van der Waals surface area (Å²) in [5.41, 5.74) is 0.504. The zero-order valence-corrected chi connectivity index (χ0v) is 14.3. The van der Waals surface area contributed by atoms with Gasteiger partial charge in [0.2, 0.25) is 0 Å². The predicted octanol–water partition coefficient (Wildman–Crippen LogP) is 5.11. The first-order valence-electron chi connectivity index (χ1n) is 7.55.